The highest BCUT2D eigenvalue weighted by Crippen LogP contribution is 1.91. The van der Waals surface area contributed by atoms with Crippen LogP contribution in [0.5, 0.6) is 0 Å². The third kappa shape index (κ3) is 7.43. The second kappa shape index (κ2) is 9.36. The van der Waals surface area contributed by atoms with Crippen molar-refractivity contribution in [3.8, 4) is 0 Å². The molecule has 0 spiro atoms. The van der Waals surface area contributed by atoms with Crippen LogP contribution in [-0.4, -0.2) is 48.7 Å². The van der Waals surface area contributed by atoms with Crippen LogP contribution in [0.2, 0.25) is 0 Å². The molecule has 0 radical (unpaired) electrons. The monoisotopic (exact) mass is 228 g/mol. The fourth-order valence-electron chi connectivity index (χ4n) is 1.38. The Kier molecular flexibility index (Phi) is 8.85. The van der Waals surface area contributed by atoms with Gasteiger partial charge in [-0.25, -0.2) is 4.79 Å². The molecule has 0 aliphatic rings. The molecule has 0 heterocycles. The van der Waals surface area contributed by atoms with Crippen molar-refractivity contribution in [1.82, 2.24) is 10.2 Å². The number of nitrogens with zero attached hydrogens (tertiary/aromatic N) is 1. The van der Waals surface area contributed by atoms with Crippen LogP contribution in [0.3, 0.4) is 0 Å². The average molecular weight is 228 g/mol. The van der Waals surface area contributed by atoms with Gasteiger partial charge in [0.25, 0.3) is 0 Å². The van der Waals surface area contributed by atoms with Gasteiger partial charge in [-0.05, 0) is 39.5 Å². The van der Waals surface area contributed by atoms with Crippen LogP contribution in [0.25, 0.3) is 0 Å². The first-order valence-corrected chi connectivity index (χ1v) is 5.94. The molecule has 94 valence electrons. The number of carboxylic acid groups (broad SMARTS) is 1. The molecular formula is C12H24N2O2. The SMILES string of the molecule is CCN(CC)CCCNC/C=C(/C)C(=O)O. The number of carboxylic acids is 1. The molecular weight excluding hydrogens is 204 g/mol. The first-order chi connectivity index (χ1) is 7.61. The molecule has 4 nitrogen and oxygen atoms in total. The van der Waals surface area contributed by atoms with E-state index in [1.54, 1.807) is 13.0 Å². The van der Waals surface area contributed by atoms with Crippen molar-refractivity contribution in [3.63, 3.8) is 0 Å². The van der Waals surface area contributed by atoms with Gasteiger partial charge >= 0.3 is 5.97 Å². The van der Waals surface area contributed by atoms with Crippen molar-refractivity contribution in [2.75, 3.05) is 32.7 Å². The summed E-state index contributed by atoms with van der Waals surface area (Å²) in [6.07, 6.45) is 2.81. The van der Waals surface area contributed by atoms with Crippen molar-refractivity contribution in [2.24, 2.45) is 0 Å². The van der Waals surface area contributed by atoms with Crippen molar-refractivity contribution < 1.29 is 9.90 Å². The number of hydrogen-bond donors (Lipinski definition) is 2. The van der Waals surface area contributed by atoms with Crippen molar-refractivity contribution in [2.45, 2.75) is 27.2 Å². The Bertz CT molecular complexity index is 223. The zero-order valence-corrected chi connectivity index (χ0v) is 10.6. The number of aliphatic carboxylic acids is 1. The molecule has 0 saturated heterocycles. The lowest BCUT2D eigenvalue weighted by molar-refractivity contribution is -0.132. The third-order valence-corrected chi connectivity index (χ3v) is 2.61. The van der Waals surface area contributed by atoms with Crippen LogP contribution in [-0.2, 0) is 4.79 Å². The van der Waals surface area contributed by atoms with Gasteiger partial charge in [0.2, 0.25) is 0 Å². The lowest BCUT2D eigenvalue weighted by Gasteiger charge is -2.17. The van der Waals surface area contributed by atoms with Crippen molar-refractivity contribution >= 4 is 5.97 Å². The predicted octanol–water partition coefficient (Wildman–Crippen LogP) is 1.34. The molecule has 16 heavy (non-hydrogen) atoms. The van der Waals surface area contributed by atoms with E-state index in [1.807, 2.05) is 0 Å². The summed E-state index contributed by atoms with van der Waals surface area (Å²) < 4.78 is 0. The van der Waals surface area contributed by atoms with Crippen LogP contribution < -0.4 is 5.32 Å². The second-order valence-corrected chi connectivity index (χ2v) is 3.78. The Labute approximate surface area is 98.3 Å². The zero-order chi connectivity index (χ0) is 12.4. The van der Waals surface area contributed by atoms with Gasteiger partial charge in [-0.2, -0.15) is 0 Å². The molecule has 0 aliphatic carbocycles. The van der Waals surface area contributed by atoms with Gasteiger partial charge in [0.15, 0.2) is 0 Å². The molecule has 0 saturated carbocycles. The van der Waals surface area contributed by atoms with Crippen LogP contribution in [0, 0.1) is 0 Å². The van der Waals surface area contributed by atoms with Gasteiger partial charge in [0.1, 0.15) is 0 Å². The average Bonchev–Trinajstić information content (AvgIpc) is 2.27. The van der Waals surface area contributed by atoms with E-state index in [-0.39, 0.29) is 0 Å². The minimum absolute atomic E-state index is 0.399. The van der Waals surface area contributed by atoms with E-state index in [4.69, 9.17) is 5.11 Å². The summed E-state index contributed by atoms with van der Waals surface area (Å²) in [7, 11) is 0. The summed E-state index contributed by atoms with van der Waals surface area (Å²) in [5, 5.41) is 11.8. The highest BCUT2D eigenvalue weighted by atomic mass is 16.4. The first kappa shape index (κ1) is 15.1. The molecule has 2 N–H and O–H groups in total. The summed E-state index contributed by atoms with van der Waals surface area (Å²) in [5.41, 5.74) is 0.399. The molecule has 0 rings (SSSR count). The molecule has 0 fully saturated rings. The lowest BCUT2D eigenvalue weighted by Crippen LogP contribution is -2.27. The fourth-order valence-corrected chi connectivity index (χ4v) is 1.38. The normalized spacial score (nSPS) is 12.1. The minimum atomic E-state index is -0.843. The van der Waals surface area contributed by atoms with E-state index in [0.717, 1.165) is 32.6 Å². The summed E-state index contributed by atoms with van der Waals surface area (Å²) in [5.74, 6) is -0.843. The zero-order valence-electron chi connectivity index (χ0n) is 10.6. The van der Waals surface area contributed by atoms with Crippen LogP contribution >= 0.6 is 0 Å². The topological polar surface area (TPSA) is 52.6 Å². The number of carbonyl (C=O) groups is 1. The van der Waals surface area contributed by atoms with E-state index in [0.29, 0.717) is 12.1 Å². The Morgan fingerprint density at radius 1 is 1.38 bits per heavy atom. The Morgan fingerprint density at radius 2 is 2.00 bits per heavy atom. The fraction of sp³-hybridized carbons (Fsp3) is 0.750. The van der Waals surface area contributed by atoms with E-state index in [9.17, 15) is 4.79 Å². The summed E-state index contributed by atoms with van der Waals surface area (Å²) in [6, 6.07) is 0. The molecule has 4 heteroatoms. The molecule has 0 aromatic carbocycles. The van der Waals surface area contributed by atoms with E-state index >= 15 is 0 Å². The quantitative estimate of drug-likeness (QED) is 0.462. The van der Waals surface area contributed by atoms with Gasteiger partial charge < -0.3 is 15.3 Å². The van der Waals surface area contributed by atoms with Gasteiger partial charge in [-0.15, -0.1) is 0 Å². The molecule has 0 aliphatic heterocycles. The maximum atomic E-state index is 10.5. The first-order valence-electron chi connectivity index (χ1n) is 5.94. The molecule has 0 aromatic rings. The lowest BCUT2D eigenvalue weighted by atomic mass is 10.3. The van der Waals surface area contributed by atoms with Gasteiger partial charge in [0, 0.05) is 12.1 Å². The van der Waals surface area contributed by atoms with Gasteiger partial charge in [-0.3, -0.25) is 0 Å². The highest BCUT2D eigenvalue weighted by molar-refractivity contribution is 5.85. The molecule has 0 atom stereocenters. The smallest absolute Gasteiger partial charge is 0.330 e. The van der Waals surface area contributed by atoms with Crippen molar-refractivity contribution in [3.05, 3.63) is 11.6 Å². The van der Waals surface area contributed by atoms with Crippen LogP contribution in [0.4, 0.5) is 0 Å². The van der Waals surface area contributed by atoms with Crippen LogP contribution in [0.15, 0.2) is 11.6 Å². The highest BCUT2D eigenvalue weighted by Gasteiger charge is 1.99. The van der Waals surface area contributed by atoms with E-state index in [2.05, 4.69) is 24.1 Å². The maximum Gasteiger partial charge on any atom is 0.330 e. The summed E-state index contributed by atoms with van der Waals surface area (Å²) in [6.45, 7) is 10.8. The molecule has 0 amide bonds. The molecule has 0 unspecified atom stereocenters. The predicted molar refractivity (Wildman–Crippen MR) is 66.7 cm³/mol. The Morgan fingerprint density at radius 3 is 2.50 bits per heavy atom. The van der Waals surface area contributed by atoms with Gasteiger partial charge in [0.05, 0.1) is 0 Å². The number of hydrogen-bond acceptors (Lipinski definition) is 3. The largest absolute Gasteiger partial charge is 0.478 e. The third-order valence-electron chi connectivity index (χ3n) is 2.61. The van der Waals surface area contributed by atoms with Gasteiger partial charge in [-0.1, -0.05) is 19.9 Å². The van der Waals surface area contributed by atoms with E-state index in [1.165, 1.54) is 0 Å². The Balaban J connectivity index is 3.47. The van der Waals surface area contributed by atoms with E-state index < -0.39 is 5.97 Å². The van der Waals surface area contributed by atoms with Crippen molar-refractivity contribution in [1.29, 1.82) is 0 Å². The second-order valence-electron chi connectivity index (χ2n) is 3.78. The standard InChI is InChI=1S/C12H24N2O2/c1-4-14(5-2)10-6-8-13-9-7-11(3)12(15)16/h7,13H,4-6,8-10H2,1-3H3,(H,15,16)/b11-7-. The Hall–Kier alpha value is -0.870. The number of rotatable bonds is 9. The minimum Gasteiger partial charge on any atom is -0.478 e. The maximum absolute atomic E-state index is 10.5. The van der Waals surface area contributed by atoms with Crippen LogP contribution in [0.1, 0.15) is 27.2 Å². The summed E-state index contributed by atoms with van der Waals surface area (Å²) in [4.78, 5) is 12.9. The number of nitrogens with one attached hydrogen (secondary N) is 1. The summed E-state index contributed by atoms with van der Waals surface area (Å²) >= 11 is 0. The molecule has 0 bridgehead atoms. The molecule has 0 aromatic heterocycles.